The fourth-order valence-electron chi connectivity index (χ4n) is 2.68. The monoisotopic (exact) mass is 342 g/mol. The Morgan fingerprint density at radius 2 is 1.86 bits per heavy atom. The van der Waals surface area contributed by atoms with Crippen molar-refractivity contribution < 1.29 is 13.2 Å². The molecule has 3 rings (SSSR count). The second-order valence-corrected chi connectivity index (χ2v) is 8.29. The van der Waals surface area contributed by atoms with E-state index in [1.54, 1.807) is 18.2 Å². The lowest BCUT2D eigenvalue weighted by molar-refractivity contribution is -0.123. The zero-order valence-corrected chi connectivity index (χ0v) is 13.7. The normalized spacial score (nSPS) is 20.8. The highest BCUT2D eigenvalue weighted by atomic mass is 35.5. The lowest BCUT2D eigenvalue weighted by Gasteiger charge is -2.31. The predicted molar refractivity (Wildman–Crippen MR) is 84.1 cm³/mol. The molecule has 1 saturated carbocycles. The molecule has 7 heteroatoms. The van der Waals surface area contributed by atoms with Crippen LogP contribution in [0.3, 0.4) is 0 Å². The van der Waals surface area contributed by atoms with Crippen molar-refractivity contribution in [2.24, 2.45) is 5.92 Å². The smallest absolute Gasteiger partial charge is 0.243 e. The molecule has 120 valence electrons. The van der Waals surface area contributed by atoms with Crippen molar-refractivity contribution in [1.29, 1.82) is 0 Å². The van der Waals surface area contributed by atoms with Gasteiger partial charge in [-0.05, 0) is 43.9 Å². The summed E-state index contributed by atoms with van der Waals surface area (Å²) >= 11 is 5.88. The van der Waals surface area contributed by atoms with Crippen LogP contribution in [0.2, 0.25) is 5.02 Å². The van der Waals surface area contributed by atoms with E-state index in [1.807, 2.05) is 0 Å². The minimum Gasteiger partial charge on any atom is -0.353 e. The van der Waals surface area contributed by atoms with E-state index in [1.165, 1.54) is 10.4 Å². The van der Waals surface area contributed by atoms with Gasteiger partial charge in [0.15, 0.2) is 0 Å². The highest BCUT2D eigenvalue weighted by Gasteiger charge is 2.34. The lowest BCUT2D eigenvalue weighted by atomic mass is 10.1. The number of hydrogen-bond donors (Lipinski definition) is 1. The van der Waals surface area contributed by atoms with E-state index in [4.69, 9.17) is 11.6 Å². The van der Waals surface area contributed by atoms with Crippen LogP contribution in [0, 0.1) is 5.92 Å². The van der Waals surface area contributed by atoms with E-state index in [9.17, 15) is 13.2 Å². The summed E-state index contributed by atoms with van der Waals surface area (Å²) in [5, 5.41) is 3.43. The molecule has 0 atom stereocenters. The minimum atomic E-state index is -3.50. The molecule has 1 aliphatic heterocycles. The Hall–Kier alpha value is -1.11. The molecular weight excluding hydrogens is 324 g/mol. The van der Waals surface area contributed by atoms with Crippen LogP contribution in [0.5, 0.6) is 0 Å². The topological polar surface area (TPSA) is 66.5 Å². The van der Waals surface area contributed by atoms with Gasteiger partial charge in [0.2, 0.25) is 15.9 Å². The molecule has 2 aliphatic rings. The molecule has 2 fully saturated rings. The quantitative estimate of drug-likeness (QED) is 0.910. The molecule has 1 amide bonds. The van der Waals surface area contributed by atoms with Gasteiger partial charge in [0.25, 0.3) is 0 Å². The van der Waals surface area contributed by atoms with Gasteiger partial charge in [0.1, 0.15) is 0 Å². The number of carbonyl (C=O) groups is 1. The summed E-state index contributed by atoms with van der Waals surface area (Å²) in [5.74, 6) is 0.310. The van der Waals surface area contributed by atoms with Gasteiger partial charge in [0, 0.05) is 30.1 Å². The third kappa shape index (κ3) is 3.45. The van der Waals surface area contributed by atoms with Crippen molar-refractivity contribution in [2.45, 2.75) is 36.6 Å². The Labute approximate surface area is 135 Å². The molecule has 0 bridgehead atoms. The Bertz CT molecular complexity index is 665. The summed E-state index contributed by atoms with van der Waals surface area (Å²) in [6, 6.07) is 6.40. The number of rotatable bonds is 4. The van der Waals surface area contributed by atoms with Crippen LogP contribution in [-0.4, -0.2) is 37.8 Å². The van der Waals surface area contributed by atoms with Gasteiger partial charge >= 0.3 is 0 Å². The highest BCUT2D eigenvalue weighted by molar-refractivity contribution is 7.89. The van der Waals surface area contributed by atoms with Gasteiger partial charge in [-0.1, -0.05) is 17.7 Å². The molecule has 1 saturated heterocycles. The first-order valence-corrected chi connectivity index (χ1v) is 9.35. The van der Waals surface area contributed by atoms with Gasteiger partial charge < -0.3 is 5.32 Å². The number of sulfonamides is 1. The molecule has 22 heavy (non-hydrogen) atoms. The third-order valence-electron chi connectivity index (χ3n) is 4.18. The molecule has 0 unspecified atom stereocenters. The molecule has 0 aromatic heterocycles. The fraction of sp³-hybridized carbons (Fsp3) is 0.533. The Kier molecular flexibility index (Phi) is 4.43. The number of halogens is 1. The first-order chi connectivity index (χ1) is 10.5. The van der Waals surface area contributed by atoms with Gasteiger partial charge in [0.05, 0.1) is 4.90 Å². The standard InChI is InChI=1S/C15H19ClN2O3S/c16-12-2-1-3-14(10-12)22(20,21)18-8-6-13(7-9-18)17-15(19)11-4-5-11/h1-3,10-11,13H,4-9H2,(H,17,19). The predicted octanol–water partition coefficient (Wildman–Crippen LogP) is 2.02. The molecular formula is C15H19ClN2O3S. The summed E-state index contributed by atoms with van der Waals surface area (Å²) in [4.78, 5) is 12.0. The third-order valence-corrected chi connectivity index (χ3v) is 6.31. The van der Waals surface area contributed by atoms with Crippen molar-refractivity contribution >= 4 is 27.5 Å². The lowest BCUT2D eigenvalue weighted by Crippen LogP contribution is -2.46. The summed E-state index contributed by atoms with van der Waals surface area (Å²) in [5.41, 5.74) is 0. The average Bonchev–Trinajstić information content (AvgIpc) is 3.32. The van der Waals surface area contributed by atoms with Gasteiger partial charge in [-0.15, -0.1) is 0 Å². The maximum atomic E-state index is 12.6. The maximum absolute atomic E-state index is 12.6. The molecule has 5 nitrogen and oxygen atoms in total. The summed E-state index contributed by atoms with van der Waals surface area (Å²) < 4.78 is 26.6. The molecule has 1 aromatic carbocycles. The van der Waals surface area contributed by atoms with Crippen LogP contribution in [0.15, 0.2) is 29.2 Å². The van der Waals surface area contributed by atoms with E-state index in [-0.39, 0.29) is 22.8 Å². The average molecular weight is 343 g/mol. The van der Waals surface area contributed by atoms with Gasteiger partial charge in [-0.3, -0.25) is 4.79 Å². The Balaban J connectivity index is 1.61. The van der Waals surface area contributed by atoms with Crippen LogP contribution >= 0.6 is 11.6 Å². The van der Waals surface area contributed by atoms with E-state index in [0.29, 0.717) is 31.0 Å². The van der Waals surface area contributed by atoms with Crippen LogP contribution < -0.4 is 5.32 Å². The fourth-order valence-corrected chi connectivity index (χ4v) is 4.45. The summed E-state index contributed by atoms with van der Waals surface area (Å²) in [7, 11) is -3.50. The molecule has 1 heterocycles. The minimum absolute atomic E-state index is 0.0823. The second kappa shape index (κ2) is 6.18. The SMILES string of the molecule is O=C(NC1CCN(S(=O)(=O)c2cccc(Cl)c2)CC1)C1CC1. The van der Waals surface area contributed by atoms with Crippen molar-refractivity contribution in [3.05, 3.63) is 29.3 Å². The number of carbonyl (C=O) groups excluding carboxylic acids is 1. The van der Waals surface area contributed by atoms with Crippen LogP contribution in [-0.2, 0) is 14.8 Å². The molecule has 1 N–H and O–H groups in total. The van der Waals surface area contributed by atoms with Crippen molar-refractivity contribution in [2.75, 3.05) is 13.1 Å². The van der Waals surface area contributed by atoms with E-state index in [0.717, 1.165) is 12.8 Å². The number of amides is 1. The largest absolute Gasteiger partial charge is 0.353 e. The Morgan fingerprint density at radius 3 is 2.45 bits per heavy atom. The van der Waals surface area contributed by atoms with Gasteiger partial charge in [-0.2, -0.15) is 4.31 Å². The van der Waals surface area contributed by atoms with Crippen molar-refractivity contribution in [3.63, 3.8) is 0 Å². The zero-order valence-electron chi connectivity index (χ0n) is 12.2. The highest BCUT2D eigenvalue weighted by Crippen LogP contribution is 2.29. The first-order valence-electron chi connectivity index (χ1n) is 7.53. The van der Waals surface area contributed by atoms with Crippen molar-refractivity contribution in [1.82, 2.24) is 9.62 Å². The summed E-state index contributed by atoms with van der Waals surface area (Å²) in [6.07, 6.45) is 3.26. The zero-order chi connectivity index (χ0) is 15.7. The molecule has 0 spiro atoms. The number of hydrogen-bond acceptors (Lipinski definition) is 3. The number of piperidine rings is 1. The summed E-state index contributed by atoms with van der Waals surface area (Å²) in [6.45, 7) is 0.842. The van der Waals surface area contributed by atoms with E-state index < -0.39 is 10.0 Å². The molecule has 0 radical (unpaired) electrons. The Morgan fingerprint density at radius 1 is 1.18 bits per heavy atom. The molecule has 1 aliphatic carbocycles. The van der Waals surface area contributed by atoms with Crippen LogP contribution in [0.25, 0.3) is 0 Å². The number of nitrogens with one attached hydrogen (secondary N) is 1. The second-order valence-electron chi connectivity index (χ2n) is 5.92. The van der Waals surface area contributed by atoms with Gasteiger partial charge in [-0.25, -0.2) is 8.42 Å². The van der Waals surface area contributed by atoms with Crippen molar-refractivity contribution in [3.8, 4) is 0 Å². The van der Waals surface area contributed by atoms with Crippen LogP contribution in [0.1, 0.15) is 25.7 Å². The number of benzene rings is 1. The first kappa shape index (κ1) is 15.8. The number of nitrogens with zero attached hydrogens (tertiary/aromatic N) is 1. The molecule has 1 aromatic rings. The van der Waals surface area contributed by atoms with E-state index in [2.05, 4.69) is 5.32 Å². The van der Waals surface area contributed by atoms with Crippen LogP contribution in [0.4, 0.5) is 0 Å². The maximum Gasteiger partial charge on any atom is 0.243 e. The van der Waals surface area contributed by atoms with E-state index >= 15 is 0 Å².